The number of nitrogens with two attached hydrogens (primary N) is 1. The summed E-state index contributed by atoms with van der Waals surface area (Å²) in [6, 6.07) is 2.98. The predicted octanol–water partition coefficient (Wildman–Crippen LogP) is 2.51. The zero-order valence-electron chi connectivity index (χ0n) is 8.22. The Morgan fingerprint density at radius 2 is 2.21 bits per heavy atom. The second-order valence-corrected chi connectivity index (χ2v) is 3.89. The van der Waals surface area contributed by atoms with Gasteiger partial charge < -0.3 is 10.5 Å². The summed E-state index contributed by atoms with van der Waals surface area (Å²) in [6.45, 7) is 2.47. The fourth-order valence-electron chi connectivity index (χ4n) is 1.27. The van der Waals surface area contributed by atoms with Gasteiger partial charge in [0, 0.05) is 11.8 Å². The first kappa shape index (κ1) is 9.31. The van der Waals surface area contributed by atoms with Crippen LogP contribution in [0.15, 0.2) is 12.1 Å². The number of hydrogen-bond donors (Lipinski definition) is 1. The van der Waals surface area contributed by atoms with Crippen LogP contribution in [0.3, 0.4) is 0 Å². The van der Waals surface area contributed by atoms with E-state index in [9.17, 15) is 4.39 Å². The van der Waals surface area contributed by atoms with E-state index in [4.69, 9.17) is 10.5 Å². The maximum Gasteiger partial charge on any atom is 0.167 e. The molecule has 1 aromatic carbocycles. The topological polar surface area (TPSA) is 35.2 Å². The Morgan fingerprint density at radius 1 is 1.50 bits per heavy atom. The van der Waals surface area contributed by atoms with Crippen molar-refractivity contribution in [1.29, 1.82) is 0 Å². The molecule has 0 heterocycles. The second-order valence-electron chi connectivity index (χ2n) is 3.89. The normalized spacial score (nSPS) is 15.6. The summed E-state index contributed by atoms with van der Waals surface area (Å²) in [6.07, 6.45) is 2.41. The van der Waals surface area contributed by atoms with Crippen LogP contribution in [0.2, 0.25) is 0 Å². The van der Waals surface area contributed by atoms with Crippen LogP contribution in [-0.4, -0.2) is 6.61 Å². The van der Waals surface area contributed by atoms with Crippen molar-refractivity contribution in [3.05, 3.63) is 23.5 Å². The first-order valence-corrected chi connectivity index (χ1v) is 4.85. The zero-order chi connectivity index (χ0) is 10.1. The second kappa shape index (κ2) is 3.48. The molecule has 2 rings (SSSR count). The Labute approximate surface area is 82.9 Å². The minimum Gasteiger partial charge on any atom is -0.490 e. The fourth-order valence-corrected chi connectivity index (χ4v) is 1.27. The van der Waals surface area contributed by atoms with E-state index in [2.05, 4.69) is 0 Å². The number of anilines is 1. The van der Waals surface area contributed by atoms with Gasteiger partial charge >= 0.3 is 0 Å². The predicted molar refractivity (Wildman–Crippen MR) is 53.8 cm³/mol. The van der Waals surface area contributed by atoms with Crippen molar-refractivity contribution in [3.63, 3.8) is 0 Å². The third-order valence-electron chi connectivity index (χ3n) is 2.49. The highest BCUT2D eigenvalue weighted by atomic mass is 19.1. The SMILES string of the molecule is Cc1cc(OCC2CC2)c(F)cc1N. The molecule has 1 saturated carbocycles. The Hall–Kier alpha value is -1.25. The Balaban J connectivity index is 2.10. The molecule has 1 aliphatic rings. The van der Waals surface area contributed by atoms with E-state index in [1.54, 1.807) is 6.07 Å². The molecule has 2 nitrogen and oxygen atoms in total. The molecule has 0 radical (unpaired) electrons. The fraction of sp³-hybridized carbons (Fsp3) is 0.455. The number of benzene rings is 1. The van der Waals surface area contributed by atoms with E-state index < -0.39 is 0 Å². The molecular weight excluding hydrogens is 181 g/mol. The molecule has 1 aliphatic carbocycles. The van der Waals surface area contributed by atoms with E-state index in [0.29, 0.717) is 24.0 Å². The van der Waals surface area contributed by atoms with Gasteiger partial charge in [-0.1, -0.05) is 0 Å². The minimum atomic E-state index is -0.367. The average molecular weight is 195 g/mol. The number of hydrogen-bond acceptors (Lipinski definition) is 2. The maximum atomic E-state index is 13.3. The maximum absolute atomic E-state index is 13.3. The average Bonchev–Trinajstić information content (AvgIpc) is 2.92. The molecule has 1 aromatic rings. The third-order valence-corrected chi connectivity index (χ3v) is 2.49. The van der Waals surface area contributed by atoms with Gasteiger partial charge in [0.15, 0.2) is 11.6 Å². The van der Waals surface area contributed by atoms with Crippen molar-refractivity contribution < 1.29 is 9.13 Å². The lowest BCUT2D eigenvalue weighted by Crippen LogP contribution is -2.02. The van der Waals surface area contributed by atoms with Crippen LogP contribution in [0, 0.1) is 18.7 Å². The van der Waals surface area contributed by atoms with Crippen molar-refractivity contribution in [2.75, 3.05) is 12.3 Å². The van der Waals surface area contributed by atoms with Crippen LogP contribution in [-0.2, 0) is 0 Å². The van der Waals surface area contributed by atoms with E-state index in [-0.39, 0.29) is 5.82 Å². The first-order valence-electron chi connectivity index (χ1n) is 4.85. The lowest BCUT2D eigenvalue weighted by atomic mass is 10.2. The molecule has 0 atom stereocenters. The van der Waals surface area contributed by atoms with Gasteiger partial charge in [-0.3, -0.25) is 0 Å². The van der Waals surface area contributed by atoms with Gasteiger partial charge in [0.05, 0.1) is 6.61 Å². The molecule has 0 unspecified atom stereocenters. The van der Waals surface area contributed by atoms with Crippen LogP contribution in [0.4, 0.5) is 10.1 Å². The van der Waals surface area contributed by atoms with Gasteiger partial charge in [-0.25, -0.2) is 4.39 Å². The molecular formula is C11H14FNO. The highest BCUT2D eigenvalue weighted by Gasteiger charge is 2.22. The highest BCUT2D eigenvalue weighted by molar-refractivity contribution is 5.50. The molecule has 14 heavy (non-hydrogen) atoms. The van der Waals surface area contributed by atoms with Crippen LogP contribution in [0.1, 0.15) is 18.4 Å². The highest BCUT2D eigenvalue weighted by Crippen LogP contribution is 2.31. The standard InChI is InChI=1S/C11H14FNO/c1-7-4-11(9(12)5-10(7)13)14-6-8-2-3-8/h4-5,8H,2-3,6,13H2,1H3. The van der Waals surface area contributed by atoms with Crippen LogP contribution in [0.25, 0.3) is 0 Å². The third kappa shape index (κ3) is 1.97. The molecule has 0 bridgehead atoms. The summed E-state index contributed by atoms with van der Waals surface area (Å²) >= 11 is 0. The first-order chi connectivity index (χ1) is 6.66. The van der Waals surface area contributed by atoms with Gasteiger partial charge in [-0.15, -0.1) is 0 Å². The van der Waals surface area contributed by atoms with E-state index in [0.717, 1.165) is 5.56 Å². The molecule has 2 N–H and O–H groups in total. The van der Waals surface area contributed by atoms with E-state index >= 15 is 0 Å². The Bertz CT molecular complexity index is 347. The lowest BCUT2D eigenvalue weighted by Gasteiger charge is -2.08. The van der Waals surface area contributed by atoms with Crippen molar-refractivity contribution >= 4 is 5.69 Å². The number of halogens is 1. The molecule has 1 fully saturated rings. The Morgan fingerprint density at radius 3 is 2.86 bits per heavy atom. The summed E-state index contributed by atoms with van der Waals surface area (Å²) in [5.41, 5.74) is 6.89. The monoisotopic (exact) mass is 195 g/mol. The van der Waals surface area contributed by atoms with Crippen molar-refractivity contribution in [2.24, 2.45) is 5.92 Å². The minimum absolute atomic E-state index is 0.323. The van der Waals surface area contributed by atoms with Gasteiger partial charge in [0.25, 0.3) is 0 Å². The molecule has 0 saturated heterocycles. The summed E-state index contributed by atoms with van der Waals surface area (Å²) in [4.78, 5) is 0. The molecule has 0 aromatic heterocycles. The number of nitrogen functional groups attached to an aromatic ring is 1. The van der Waals surface area contributed by atoms with E-state index in [1.165, 1.54) is 18.9 Å². The number of aryl methyl sites for hydroxylation is 1. The smallest absolute Gasteiger partial charge is 0.167 e. The van der Waals surface area contributed by atoms with Crippen molar-refractivity contribution in [3.8, 4) is 5.75 Å². The van der Waals surface area contributed by atoms with Crippen molar-refractivity contribution in [2.45, 2.75) is 19.8 Å². The zero-order valence-corrected chi connectivity index (χ0v) is 8.22. The number of ether oxygens (including phenoxy) is 1. The van der Waals surface area contributed by atoms with Gasteiger partial charge in [0.2, 0.25) is 0 Å². The molecule has 0 amide bonds. The van der Waals surface area contributed by atoms with Crippen LogP contribution < -0.4 is 10.5 Å². The van der Waals surface area contributed by atoms with E-state index in [1.807, 2.05) is 6.92 Å². The van der Waals surface area contributed by atoms with Crippen LogP contribution >= 0.6 is 0 Å². The number of rotatable bonds is 3. The van der Waals surface area contributed by atoms with Gasteiger partial charge in [-0.05, 0) is 37.3 Å². The summed E-state index contributed by atoms with van der Waals surface area (Å²) in [5, 5.41) is 0. The van der Waals surface area contributed by atoms with Crippen molar-refractivity contribution in [1.82, 2.24) is 0 Å². The van der Waals surface area contributed by atoms with Gasteiger partial charge in [0.1, 0.15) is 0 Å². The van der Waals surface area contributed by atoms with Gasteiger partial charge in [-0.2, -0.15) is 0 Å². The Kier molecular flexibility index (Phi) is 2.32. The summed E-state index contributed by atoms with van der Waals surface area (Å²) in [7, 11) is 0. The largest absolute Gasteiger partial charge is 0.490 e. The summed E-state index contributed by atoms with van der Waals surface area (Å²) < 4.78 is 18.7. The molecule has 0 spiro atoms. The summed E-state index contributed by atoms with van der Waals surface area (Å²) in [5.74, 6) is 0.588. The molecule has 3 heteroatoms. The quantitative estimate of drug-likeness (QED) is 0.752. The molecule has 0 aliphatic heterocycles. The molecule has 76 valence electrons. The van der Waals surface area contributed by atoms with Crippen LogP contribution in [0.5, 0.6) is 5.75 Å². The lowest BCUT2D eigenvalue weighted by molar-refractivity contribution is 0.285.